The molecular formula is C11H23N7Si. The molecule has 4 N–H and O–H groups in total. The van der Waals surface area contributed by atoms with E-state index in [1.54, 1.807) is 0 Å². The number of nitrogens with two attached hydrogens (primary N) is 1. The van der Waals surface area contributed by atoms with Crippen LogP contribution in [0.5, 0.6) is 0 Å². The predicted molar refractivity (Wildman–Crippen MR) is 81.1 cm³/mol. The maximum Gasteiger partial charge on any atom is 0.232 e. The van der Waals surface area contributed by atoms with Crippen LogP contribution >= 0.6 is 0 Å². The van der Waals surface area contributed by atoms with Gasteiger partial charge in [0.1, 0.15) is 0 Å². The summed E-state index contributed by atoms with van der Waals surface area (Å²) >= 11 is 0. The molecular weight excluding hydrogens is 258 g/mol. The summed E-state index contributed by atoms with van der Waals surface area (Å²) in [6.45, 7) is 8.69. The highest BCUT2D eigenvalue weighted by Gasteiger charge is 2.28. The van der Waals surface area contributed by atoms with E-state index in [2.05, 4.69) is 50.1 Å². The fourth-order valence-electron chi connectivity index (χ4n) is 1.77. The molecule has 0 atom stereocenters. The molecule has 0 aromatic carbocycles. The summed E-state index contributed by atoms with van der Waals surface area (Å²) < 4.78 is 0. The molecule has 1 saturated heterocycles. The molecule has 106 valence electrons. The van der Waals surface area contributed by atoms with Crippen LogP contribution in [0.2, 0.25) is 19.6 Å². The van der Waals surface area contributed by atoms with E-state index in [4.69, 9.17) is 5.73 Å². The Hall–Kier alpha value is -1.41. The Balaban J connectivity index is 2.03. The van der Waals surface area contributed by atoms with Gasteiger partial charge in [-0.15, -0.1) is 0 Å². The quantitative estimate of drug-likeness (QED) is 0.662. The summed E-state index contributed by atoms with van der Waals surface area (Å²) in [5.41, 5.74) is 5.75. The van der Waals surface area contributed by atoms with Crippen molar-refractivity contribution >= 4 is 25.9 Å². The van der Waals surface area contributed by atoms with Crippen molar-refractivity contribution in [2.75, 3.05) is 42.3 Å². The molecule has 2 rings (SSSR count). The Morgan fingerprint density at radius 2 is 1.95 bits per heavy atom. The number of anilines is 3. The van der Waals surface area contributed by atoms with Crippen LogP contribution in [0.4, 0.5) is 17.8 Å². The fraction of sp³-hybridized carbons (Fsp3) is 0.727. The number of rotatable bonds is 5. The molecule has 8 heteroatoms. The Kier molecular flexibility index (Phi) is 3.90. The van der Waals surface area contributed by atoms with Crippen molar-refractivity contribution in [3.05, 3.63) is 0 Å². The molecule has 1 aromatic rings. The van der Waals surface area contributed by atoms with Gasteiger partial charge in [0.25, 0.3) is 0 Å². The predicted octanol–water partition coefficient (Wildman–Crippen LogP) is 0.151. The monoisotopic (exact) mass is 281 g/mol. The van der Waals surface area contributed by atoms with Crippen LogP contribution in [0.3, 0.4) is 0 Å². The lowest BCUT2D eigenvalue weighted by Gasteiger charge is -2.38. The zero-order valence-electron chi connectivity index (χ0n) is 12.1. The van der Waals surface area contributed by atoms with Gasteiger partial charge in [0.05, 0.1) is 8.07 Å². The average Bonchev–Trinajstić information content (AvgIpc) is 2.23. The molecule has 1 aliphatic heterocycles. The van der Waals surface area contributed by atoms with Crippen LogP contribution in [0.25, 0.3) is 0 Å². The van der Waals surface area contributed by atoms with Gasteiger partial charge in [-0.05, 0) is 7.05 Å². The Morgan fingerprint density at radius 1 is 1.26 bits per heavy atom. The number of nitrogens with one attached hydrogen (secondary N) is 2. The van der Waals surface area contributed by atoms with Crippen molar-refractivity contribution in [3.8, 4) is 0 Å². The van der Waals surface area contributed by atoms with Gasteiger partial charge < -0.3 is 21.3 Å². The minimum atomic E-state index is -1.19. The van der Waals surface area contributed by atoms with E-state index in [9.17, 15) is 0 Å². The average molecular weight is 281 g/mol. The SMILES string of the molecule is CNC1CN(c2nc(N)nc(NC[Si](C)(C)C)n2)C1. The van der Waals surface area contributed by atoms with Crippen LogP contribution in [0, 0.1) is 0 Å². The van der Waals surface area contributed by atoms with Crippen molar-refractivity contribution < 1.29 is 0 Å². The molecule has 1 aromatic heterocycles. The van der Waals surface area contributed by atoms with Crippen molar-refractivity contribution in [2.24, 2.45) is 0 Å². The first-order valence-corrected chi connectivity index (χ1v) is 10.3. The van der Waals surface area contributed by atoms with Crippen molar-refractivity contribution in [1.29, 1.82) is 0 Å². The molecule has 0 saturated carbocycles. The van der Waals surface area contributed by atoms with Crippen LogP contribution in [-0.2, 0) is 0 Å². The van der Waals surface area contributed by atoms with E-state index in [1.165, 1.54) is 0 Å². The van der Waals surface area contributed by atoms with E-state index in [0.29, 0.717) is 17.9 Å². The number of hydrogen-bond donors (Lipinski definition) is 3. The number of hydrogen-bond acceptors (Lipinski definition) is 7. The topological polar surface area (TPSA) is 92.0 Å². The van der Waals surface area contributed by atoms with Gasteiger partial charge in [0.2, 0.25) is 17.8 Å². The van der Waals surface area contributed by atoms with Crippen molar-refractivity contribution in [1.82, 2.24) is 20.3 Å². The highest BCUT2D eigenvalue weighted by Crippen LogP contribution is 2.18. The lowest BCUT2D eigenvalue weighted by Crippen LogP contribution is -2.57. The molecule has 0 spiro atoms. The standard InChI is InChI=1S/C11H23N7Si/c1-13-8-5-18(6-8)11-16-9(12)15-10(17-11)14-7-19(2,3)4/h8,13H,5-7H2,1-4H3,(H3,12,14,15,16,17). The van der Waals surface area contributed by atoms with Crippen molar-refractivity contribution in [2.45, 2.75) is 25.7 Å². The maximum absolute atomic E-state index is 5.75. The summed E-state index contributed by atoms with van der Waals surface area (Å²) in [5, 5.41) is 6.49. The third-order valence-corrected chi connectivity index (χ3v) is 4.23. The molecule has 1 fully saturated rings. The number of aromatic nitrogens is 3. The number of likely N-dealkylation sites (N-methyl/N-ethyl adjacent to an activating group) is 1. The smallest absolute Gasteiger partial charge is 0.232 e. The first kappa shape index (κ1) is 14.0. The molecule has 0 unspecified atom stereocenters. The zero-order chi connectivity index (χ0) is 14.0. The lowest BCUT2D eigenvalue weighted by molar-refractivity contribution is 0.443. The van der Waals surface area contributed by atoms with Gasteiger partial charge in [-0.1, -0.05) is 19.6 Å². The summed E-state index contributed by atoms with van der Waals surface area (Å²) in [5.74, 6) is 1.52. The molecule has 0 radical (unpaired) electrons. The lowest BCUT2D eigenvalue weighted by atomic mass is 10.1. The minimum absolute atomic E-state index is 0.274. The van der Waals surface area contributed by atoms with E-state index in [0.717, 1.165) is 19.3 Å². The molecule has 0 bridgehead atoms. The van der Waals surface area contributed by atoms with Crippen molar-refractivity contribution in [3.63, 3.8) is 0 Å². The second-order valence-corrected chi connectivity index (χ2v) is 11.6. The Labute approximate surface area is 115 Å². The summed E-state index contributed by atoms with van der Waals surface area (Å²) in [6.07, 6.45) is 0.926. The van der Waals surface area contributed by atoms with Crippen LogP contribution in [0.15, 0.2) is 0 Å². The van der Waals surface area contributed by atoms with E-state index < -0.39 is 8.07 Å². The largest absolute Gasteiger partial charge is 0.368 e. The number of nitrogen functional groups attached to an aromatic ring is 1. The highest BCUT2D eigenvalue weighted by molar-refractivity contribution is 6.76. The number of nitrogens with zero attached hydrogens (tertiary/aromatic N) is 4. The molecule has 0 amide bonds. The third kappa shape index (κ3) is 3.77. The Morgan fingerprint density at radius 3 is 2.53 bits per heavy atom. The fourth-order valence-corrected chi connectivity index (χ4v) is 2.46. The zero-order valence-corrected chi connectivity index (χ0v) is 13.1. The second kappa shape index (κ2) is 5.30. The molecule has 0 aliphatic carbocycles. The normalized spacial score (nSPS) is 16.3. The molecule has 19 heavy (non-hydrogen) atoms. The van der Waals surface area contributed by atoms with E-state index in [-0.39, 0.29) is 5.95 Å². The van der Waals surface area contributed by atoms with Gasteiger partial charge in [-0.25, -0.2) is 0 Å². The molecule has 1 aliphatic rings. The third-order valence-electron chi connectivity index (χ3n) is 2.99. The first-order valence-electron chi connectivity index (χ1n) is 6.55. The van der Waals surface area contributed by atoms with Gasteiger partial charge in [0, 0.05) is 25.3 Å². The van der Waals surface area contributed by atoms with Crippen LogP contribution in [0.1, 0.15) is 0 Å². The van der Waals surface area contributed by atoms with E-state index >= 15 is 0 Å². The Bertz CT molecular complexity index is 439. The minimum Gasteiger partial charge on any atom is -0.368 e. The first-order chi connectivity index (χ1) is 8.87. The van der Waals surface area contributed by atoms with Crippen LogP contribution in [-0.4, -0.2) is 55.4 Å². The van der Waals surface area contributed by atoms with E-state index in [1.807, 2.05) is 7.05 Å². The van der Waals surface area contributed by atoms with Gasteiger partial charge >= 0.3 is 0 Å². The summed E-state index contributed by atoms with van der Waals surface area (Å²) in [4.78, 5) is 14.9. The van der Waals surface area contributed by atoms with Gasteiger partial charge in [0.15, 0.2) is 0 Å². The van der Waals surface area contributed by atoms with Gasteiger partial charge in [-0.3, -0.25) is 0 Å². The summed E-state index contributed by atoms with van der Waals surface area (Å²) in [7, 11) is 0.774. The second-order valence-electron chi connectivity index (χ2n) is 6.12. The molecule has 7 nitrogen and oxygen atoms in total. The summed E-state index contributed by atoms with van der Waals surface area (Å²) in [6, 6.07) is 0.511. The van der Waals surface area contributed by atoms with Gasteiger partial charge in [-0.2, -0.15) is 15.0 Å². The molecule has 2 heterocycles. The maximum atomic E-state index is 5.75. The van der Waals surface area contributed by atoms with Crippen LogP contribution < -0.4 is 21.3 Å². The highest BCUT2D eigenvalue weighted by atomic mass is 28.3.